The molecule has 0 saturated carbocycles. The number of amides is 2. The van der Waals surface area contributed by atoms with E-state index in [-0.39, 0.29) is 17.5 Å². The lowest BCUT2D eigenvalue weighted by Gasteiger charge is -2.23. The van der Waals surface area contributed by atoms with Crippen molar-refractivity contribution in [3.63, 3.8) is 0 Å². The molecular formula is C14H18F4N2O3. The van der Waals surface area contributed by atoms with Crippen LogP contribution in [0.4, 0.5) is 28.0 Å². The van der Waals surface area contributed by atoms with E-state index in [2.05, 4.69) is 5.32 Å². The summed E-state index contributed by atoms with van der Waals surface area (Å²) in [5, 5.41) is 11.2. The van der Waals surface area contributed by atoms with Crippen LogP contribution in [0, 0.1) is 5.82 Å². The van der Waals surface area contributed by atoms with Gasteiger partial charge in [-0.15, -0.1) is 0 Å². The number of aliphatic hydroxyl groups excluding tert-OH is 1. The van der Waals surface area contributed by atoms with E-state index in [1.165, 1.54) is 6.07 Å². The number of urea groups is 1. The molecule has 9 heteroatoms. The number of rotatable bonds is 5. The van der Waals surface area contributed by atoms with Crippen molar-refractivity contribution < 1.29 is 32.2 Å². The smallest absolute Gasteiger partial charge is 0.416 e. The quantitative estimate of drug-likeness (QED) is 0.812. The van der Waals surface area contributed by atoms with Gasteiger partial charge in [0.05, 0.1) is 18.3 Å². The van der Waals surface area contributed by atoms with Crippen molar-refractivity contribution in [2.75, 3.05) is 18.9 Å². The number of ether oxygens (including phenoxy) is 1. The molecule has 23 heavy (non-hydrogen) atoms. The van der Waals surface area contributed by atoms with Gasteiger partial charge < -0.3 is 20.1 Å². The van der Waals surface area contributed by atoms with Crippen molar-refractivity contribution >= 4 is 11.7 Å². The minimum Gasteiger partial charge on any atom is -0.489 e. The predicted molar refractivity (Wildman–Crippen MR) is 75.9 cm³/mol. The third-order valence-electron chi connectivity index (χ3n) is 2.72. The Morgan fingerprint density at radius 3 is 2.52 bits per heavy atom. The first-order valence-corrected chi connectivity index (χ1v) is 6.73. The van der Waals surface area contributed by atoms with Gasteiger partial charge in [0.15, 0.2) is 6.10 Å². The molecule has 0 radical (unpaired) electrons. The lowest BCUT2D eigenvalue weighted by molar-refractivity contribution is -0.205. The predicted octanol–water partition coefficient (Wildman–Crippen LogP) is 3.00. The molecule has 2 N–H and O–H groups in total. The van der Waals surface area contributed by atoms with Gasteiger partial charge in [0, 0.05) is 13.1 Å². The van der Waals surface area contributed by atoms with Crippen LogP contribution in [0.5, 0.6) is 5.75 Å². The van der Waals surface area contributed by atoms with E-state index in [4.69, 9.17) is 9.84 Å². The molecular weight excluding hydrogens is 320 g/mol. The number of anilines is 1. The van der Waals surface area contributed by atoms with Gasteiger partial charge in [-0.1, -0.05) is 0 Å². The van der Waals surface area contributed by atoms with Crippen LogP contribution in [-0.2, 0) is 0 Å². The molecule has 0 aliphatic carbocycles. The van der Waals surface area contributed by atoms with E-state index in [9.17, 15) is 22.4 Å². The van der Waals surface area contributed by atoms with Crippen LogP contribution in [-0.4, -0.2) is 48.0 Å². The Labute approximate surface area is 130 Å². The molecule has 0 fully saturated rings. The normalized spacial score (nSPS) is 12.9. The first kappa shape index (κ1) is 19.0. The Morgan fingerprint density at radius 2 is 2.00 bits per heavy atom. The molecule has 2 amide bonds. The summed E-state index contributed by atoms with van der Waals surface area (Å²) in [6, 6.07) is 2.48. The number of carbonyl (C=O) groups is 1. The summed E-state index contributed by atoms with van der Waals surface area (Å²) in [5.74, 6) is -0.464. The van der Waals surface area contributed by atoms with E-state index in [0.717, 1.165) is 19.2 Å². The van der Waals surface area contributed by atoms with Crippen molar-refractivity contribution in [1.82, 2.24) is 4.90 Å². The highest BCUT2D eigenvalue weighted by Gasteiger charge is 2.39. The van der Waals surface area contributed by atoms with E-state index in [1.807, 2.05) is 0 Å². The van der Waals surface area contributed by atoms with Crippen molar-refractivity contribution in [1.29, 1.82) is 0 Å². The Balaban J connectivity index is 2.82. The number of nitrogens with zero attached hydrogens (tertiary/aromatic N) is 1. The fourth-order valence-corrected chi connectivity index (χ4v) is 1.61. The molecule has 0 heterocycles. The molecule has 0 aliphatic heterocycles. The average molecular weight is 338 g/mol. The van der Waals surface area contributed by atoms with Crippen molar-refractivity contribution in [3.8, 4) is 5.75 Å². The first-order chi connectivity index (χ1) is 10.5. The molecule has 1 rings (SSSR count). The summed E-state index contributed by atoms with van der Waals surface area (Å²) in [6.45, 7) is 2.49. The van der Waals surface area contributed by atoms with Crippen LogP contribution in [0.1, 0.15) is 13.8 Å². The number of halogens is 4. The Morgan fingerprint density at radius 1 is 1.39 bits per heavy atom. The zero-order valence-electron chi connectivity index (χ0n) is 12.8. The zero-order chi connectivity index (χ0) is 17.8. The number of alkyl halides is 3. The summed E-state index contributed by atoms with van der Waals surface area (Å²) in [5.41, 5.74) is -0.0166. The van der Waals surface area contributed by atoms with Crippen LogP contribution in [0.3, 0.4) is 0 Å². The number of hydrogen-bond donors (Lipinski definition) is 2. The fourth-order valence-electron chi connectivity index (χ4n) is 1.61. The number of carbonyl (C=O) groups excluding carboxylic acids is 1. The molecule has 0 saturated heterocycles. The van der Waals surface area contributed by atoms with Gasteiger partial charge in [-0.2, -0.15) is 13.2 Å². The van der Waals surface area contributed by atoms with Gasteiger partial charge in [-0.3, -0.25) is 0 Å². The lowest BCUT2D eigenvalue weighted by atomic mass is 10.2. The summed E-state index contributed by atoms with van der Waals surface area (Å²) < 4.78 is 55.5. The topological polar surface area (TPSA) is 61.8 Å². The zero-order valence-corrected chi connectivity index (χ0v) is 12.8. The molecule has 1 aromatic rings. The standard InChI is InChI=1S/C14H18F4N2O3/c1-8(2)23-11-5-4-9(15)6-10(11)19-13(22)20(3)7-12(21)14(16,17)18/h4-6,8,12,21H,7H2,1-3H3,(H,19,22). The highest BCUT2D eigenvalue weighted by Crippen LogP contribution is 2.27. The summed E-state index contributed by atoms with van der Waals surface area (Å²) in [6.07, 6.45) is -7.75. The molecule has 0 spiro atoms. The van der Waals surface area contributed by atoms with Crippen LogP contribution in [0.15, 0.2) is 18.2 Å². The molecule has 1 aromatic carbocycles. The van der Waals surface area contributed by atoms with Gasteiger partial charge in [0.1, 0.15) is 11.6 Å². The largest absolute Gasteiger partial charge is 0.489 e. The summed E-state index contributed by atoms with van der Waals surface area (Å²) in [4.78, 5) is 12.5. The first-order valence-electron chi connectivity index (χ1n) is 6.73. The van der Waals surface area contributed by atoms with Crippen molar-refractivity contribution in [3.05, 3.63) is 24.0 Å². The molecule has 130 valence electrons. The second kappa shape index (κ2) is 7.49. The SMILES string of the molecule is CC(C)Oc1ccc(F)cc1NC(=O)N(C)CC(O)C(F)(F)F. The molecule has 0 bridgehead atoms. The monoisotopic (exact) mass is 338 g/mol. The summed E-state index contributed by atoms with van der Waals surface area (Å²) >= 11 is 0. The maximum Gasteiger partial charge on any atom is 0.416 e. The number of likely N-dealkylation sites (N-methyl/N-ethyl adjacent to an activating group) is 1. The molecule has 0 aromatic heterocycles. The van der Waals surface area contributed by atoms with Gasteiger partial charge in [-0.05, 0) is 26.0 Å². The van der Waals surface area contributed by atoms with E-state index in [1.54, 1.807) is 13.8 Å². The van der Waals surface area contributed by atoms with E-state index >= 15 is 0 Å². The third kappa shape index (κ3) is 5.93. The molecule has 0 aliphatic rings. The molecule has 5 nitrogen and oxygen atoms in total. The Bertz CT molecular complexity index is 549. The van der Waals surface area contributed by atoms with Crippen LogP contribution in [0.2, 0.25) is 0 Å². The van der Waals surface area contributed by atoms with Gasteiger partial charge in [-0.25, -0.2) is 9.18 Å². The van der Waals surface area contributed by atoms with Crippen LogP contribution in [0.25, 0.3) is 0 Å². The van der Waals surface area contributed by atoms with Gasteiger partial charge in [0.25, 0.3) is 0 Å². The maximum absolute atomic E-state index is 13.3. The number of nitrogens with one attached hydrogen (secondary N) is 1. The average Bonchev–Trinajstić information content (AvgIpc) is 2.40. The van der Waals surface area contributed by atoms with Crippen molar-refractivity contribution in [2.24, 2.45) is 0 Å². The second-order valence-corrected chi connectivity index (χ2v) is 5.18. The lowest BCUT2D eigenvalue weighted by Crippen LogP contribution is -2.43. The second-order valence-electron chi connectivity index (χ2n) is 5.18. The minimum absolute atomic E-state index is 0.0166. The summed E-state index contributed by atoms with van der Waals surface area (Å²) in [7, 11) is 1.08. The van der Waals surface area contributed by atoms with Crippen molar-refractivity contribution in [2.45, 2.75) is 32.2 Å². The third-order valence-corrected chi connectivity index (χ3v) is 2.72. The van der Waals surface area contributed by atoms with Crippen LogP contribution < -0.4 is 10.1 Å². The Kier molecular flexibility index (Phi) is 6.20. The van der Waals surface area contributed by atoms with Gasteiger partial charge in [0.2, 0.25) is 0 Å². The maximum atomic E-state index is 13.3. The minimum atomic E-state index is -4.83. The van der Waals surface area contributed by atoms with E-state index < -0.39 is 30.7 Å². The Hall–Kier alpha value is -2.03. The number of aliphatic hydroxyl groups is 1. The highest BCUT2D eigenvalue weighted by atomic mass is 19.4. The number of hydrogen-bond acceptors (Lipinski definition) is 3. The highest BCUT2D eigenvalue weighted by molar-refractivity contribution is 5.90. The van der Waals surface area contributed by atoms with Gasteiger partial charge >= 0.3 is 12.2 Å². The van der Waals surface area contributed by atoms with Crippen LogP contribution >= 0.6 is 0 Å². The molecule has 1 atom stereocenters. The van der Waals surface area contributed by atoms with E-state index in [0.29, 0.717) is 4.90 Å². The fraction of sp³-hybridized carbons (Fsp3) is 0.500. The number of benzene rings is 1. The molecule has 1 unspecified atom stereocenters.